The number of nitrogens with one attached hydrogen (secondary N) is 2. The quantitative estimate of drug-likeness (QED) is 0.178. The molecule has 2 N–H and O–H groups in total. The summed E-state index contributed by atoms with van der Waals surface area (Å²) in [6.45, 7) is 0. The van der Waals surface area contributed by atoms with Gasteiger partial charge in [0.1, 0.15) is 17.1 Å². The van der Waals surface area contributed by atoms with Crippen molar-refractivity contribution in [2.45, 2.75) is 12.8 Å². The number of amides is 1. The molecular formula is C31H21F5N6O4. The number of aromatic nitrogens is 5. The molecule has 3 heterocycles. The minimum atomic E-state index is -3.53. The third-order valence-electron chi connectivity index (χ3n) is 6.87. The highest BCUT2D eigenvalue weighted by Gasteiger charge is 2.25. The second-order valence-electron chi connectivity index (χ2n) is 9.87. The number of H-pyrrole nitrogens is 1. The minimum Gasteiger partial charge on any atom is -0.454 e. The molecule has 1 unspecified atom stereocenters. The van der Waals surface area contributed by atoms with Gasteiger partial charge in [0, 0.05) is 47.6 Å². The SMILES string of the molecule is Cn1ncc2cc(Oc3ccc(NC(=O)c4ccc(OC(F)C(F)F)n(-c5ccc(F)cc5)c4=O)cc3F)c(-c3cn[nH]c3)cc21. The highest BCUT2D eigenvalue weighted by Crippen LogP contribution is 2.37. The lowest BCUT2D eigenvalue weighted by Crippen LogP contribution is -2.31. The van der Waals surface area contributed by atoms with Gasteiger partial charge in [-0.15, -0.1) is 0 Å². The van der Waals surface area contributed by atoms with Crippen LogP contribution in [0.4, 0.5) is 27.6 Å². The number of nitrogens with zero attached hydrogens (tertiary/aromatic N) is 4. The van der Waals surface area contributed by atoms with Crippen molar-refractivity contribution in [1.82, 2.24) is 24.5 Å². The van der Waals surface area contributed by atoms with Crippen molar-refractivity contribution in [2.75, 3.05) is 5.32 Å². The molecule has 0 fully saturated rings. The number of halogens is 5. The van der Waals surface area contributed by atoms with Crippen LogP contribution in [0.5, 0.6) is 17.4 Å². The van der Waals surface area contributed by atoms with Gasteiger partial charge in [0.15, 0.2) is 11.6 Å². The Balaban J connectivity index is 1.28. The Morgan fingerprint density at radius 1 is 0.957 bits per heavy atom. The van der Waals surface area contributed by atoms with Gasteiger partial charge in [0.05, 0.1) is 23.6 Å². The van der Waals surface area contributed by atoms with Crippen molar-refractivity contribution in [3.63, 3.8) is 0 Å². The normalized spacial score (nSPS) is 12.0. The van der Waals surface area contributed by atoms with Crippen molar-refractivity contribution >= 4 is 22.5 Å². The molecule has 0 bridgehead atoms. The van der Waals surface area contributed by atoms with Crippen LogP contribution < -0.4 is 20.3 Å². The summed E-state index contributed by atoms with van der Waals surface area (Å²) in [6, 6.07) is 13.1. The monoisotopic (exact) mass is 636 g/mol. The Morgan fingerprint density at radius 2 is 1.74 bits per heavy atom. The summed E-state index contributed by atoms with van der Waals surface area (Å²) in [5.41, 5.74) is 0.325. The van der Waals surface area contributed by atoms with Crippen molar-refractivity contribution in [3.8, 4) is 34.2 Å². The Kier molecular flexibility index (Phi) is 7.96. The number of benzene rings is 3. The second-order valence-corrected chi connectivity index (χ2v) is 9.87. The fraction of sp³-hybridized carbons (Fsp3) is 0.0968. The van der Waals surface area contributed by atoms with Crippen molar-refractivity contribution in [2.24, 2.45) is 7.05 Å². The van der Waals surface area contributed by atoms with E-state index in [1.807, 2.05) is 6.07 Å². The van der Waals surface area contributed by atoms with E-state index >= 15 is 4.39 Å². The van der Waals surface area contributed by atoms with E-state index in [2.05, 4.69) is 25.3 Å². The number of rotatable bonds is 9. The number of ether oxygens (including phenoxy) is 2. The molecule has 234 valence electrons. The average Bonchev–Trinajstić information content (AvgIpc) is 3.69. The van der Waals surface area contributed by atoms with Gasteiger partial charge in [-0.3, -0.25) is 19.4 Å². The molecule has 6 aromatic rings. The predicted octanol–water partition coefficient (Wildman–Crippen LogP) is 6.38. The molecule has 0 aliphatic carbocycles. The predicted molar refractivity (Wildman–Crippen MR) is 156 cm³/mol. The number of hydrogen-bond acceptors (Lipinski definition) is 6. The second kappa shape index (κ2) is 12.2. The molecule has 10 nitrogen and oxygen atoms in total. The van der Waals surface area contributed by atoms with E-state index in [1.54, 1.807) is 36.4 Å². The number of alkyl halides is 3. The van der Waals surface area contributed by atoms with Crippen LogP contribution in [-0.2, 0) is 7.05 Å². The van der Waals surface area contributed by atoms with Crippen LogP contribution in [-0.4, -0.2) is 43.2 Å². The Labute approximate surface area is 255 Å². The highest BCUT2D eigenvalue weighted by molar-refractivity contribution is 6.04. The smallest absolute Gasteiger partial charge is 0.304 e. The molecule has 1 amide bonds. The lowest BCUT2D eigenvalue weighted by Gasteiger charge is -2.17. The molecule has 3 aromatic carbocycles. The summed E-state index contributed by atoms with van der Waals surface area (Å²) in [7, 11) is 1.78. The van der Waals surface area contributed by atoms with Crippen LogP contribution in [0.3, 0.4) is 0 Å². The molecule has 3 aromatic heterocycles. The maximum Gasteiger partial charge on any atom is 0.304 e. The summed E-state index contributed by atoms with van der Waals surface area (Å²) in [5, 5.41) is 14.1. The summed E-state index contributed by atoms with van der Waals surface area (Å²) >= 11 is 0. The molecule has 0 saturated heterocycles. The van der Waals surface area contributed by atoms with Crippen LogP contribution >= 0.6 is 0 Å². The standard InChI is InChI=1S/C31H21F5N6O4/c1-41-24-12-22(17-13-37-38-14-17)26(10-16(24)15-39-41)45-25-8-4-19(11-23(25)33)40-30(43)21-7-9-27(46-29(36)28(34)35)42(31(21)44)20-5-2-18(32)3-6-20/h2-15,28-29H,1H3,(H,37,38)(H,40,43). The van der Waals surface area contributed by atoms with Gasteiger partial charge < -0.3 is 14.8 Å². The number of hydrogen-bond donors (Lipinski definition) is 2. The van der Waals surface area contributed by atoms with Crippen molar-refractivity contribution in [1.29, 1.82) is 0 Å². The average molecular weight is 637 g/mol. The van der Waals surface area contributed by atoms with Gasteiger partial charge in [-0.05, 0) is 54.6 Å². The van der Waals surface area contributed by atoms with Crippen LogP contribution in [0.25, 0.3) is 27.7 Å². The van der Waals surface area contributed by atoms with Crippen molar-refractivity contribution in [3.05, 3.63) is 113 Å². The van der Waals surface area contributed by atoms with Crippen LogP contribution in [0, 0.1) is 11.6 Å². The maximum atomic E-state index is 15.3. The first-order valence-electron chi connectivity index (χ1n) is 13.4. The van der Waals surface area contributed by atoms with E-state index in [0.29, 0.717) is 21.4 Å². The number of aromatic amines is 1. The Hall–Kier alpha value is -5.99. The van der Waals surface area contributed by atoms with E-state index < -0.39 is 47.3 Å². The first-order valence-corrected chi connectivity index (χ1v) is 13.4. The van der Waals surface area contributed by atoms with E-state index in [-0.39, 0.29) is 17.1 Å². The summed E-state index contributed by atoms with van der Waals surface area (Å²) in [4.78, 5) is 26.4. The van der Waals surface area contributed by atoms with E-state index in [4.69, 9.17) is 4.74 Å². The highest BCUT2D eigenvalue weighted by atomic mass is 19.3. The Bertz CT molecular complexity index is 2110. The molecule has 1 atom stereocenters. The van der Waals surface area contributed by atoms with Gasteiger partial charge in [0.2, 0.25) is 5.88 Å². The number of carbonyl (C=O) groups is 1. The van der Waals surface area contributed by atoms with Gasteiger partial charge in [-0.2, -0.15) is 14.6 Å². The number of fused-ring (bicyclic) bond motifs is 1. The first-order chi connectivity index (χ1) is 22.1. The van der Waals surface area contributed by atoms with Crippen LogP contribution in [0.1, 0.15) is 10.4 Å². The molecular weight excluding hydrogens is 615 g/mol. The van der Waals surface area contributed by atoms with Gasteiger partial charge >= 0.3 is 6.43 Å². The zero-order valence-electron chi connectivity index (χ0n) is 23.5. The third-order valence-corrected chi connectivity index (χ3v) is 6.87. The minimum absolute atomic E-state index is 0.0535. The van der Waals surface area contributed by atoms with E-state index in [1.165, 1.54) is 12.1 Å². The fourth-order valence-corrected chi connectivity index (χ4v) is 4.65. The van der Waals surface area contributed by atoms with Gasteiger partial charge in [0.25, 0.3) is 17.8 Å². The molecule has 6 rings (SSSR count). The largest absolute Gasteiger partial charge is 0.454 e. The molecule has 0 aliphatic rings. The lowest BCUT2D eigenvalue weighted by atomic mass is 10.1. The number of anilines is 1. The van der Waals surface area contributed by atoms with Crippen LogP contribution in [0.2, 0.25) is 0 Å². The van der Waals surface area contributed by atoms with E-state index in [9.17, 15) is 27.2 Å². The number of aryl methyl sites for hydroxylation is 1. The van der Waals surface area contributed by atoms with E-state index in [0.717, 1.165) is 53.4 Å². The fourth-order valence-electron chi connectivity index (χ4n) is 4.65. The van der Waals surface area contributed by atoms with Gasteiger partial charge in [-0.1, -0.05) is 0 Å². The van der Waals surface area contributed by atoms with Gasteiger partial charge in [-0.25, -0.2) is 22.1 Å². The Morgan fingerprint density at radius 3 is 2.43 bits per heavy atom. The molecule has 0 spiro atoms. The summed E-state index contributed by atoms with van der Waals surface area (Å²) in [5.74, 6) is -3.05. The maximum absolute atomic E-state index is 15.3. The van der Waals surface area contributed by atoms with Crippen molar-refractivity contribution < 1.29 is 36.2 Å². The molecule has 0 aliphatic heterocycles. The number of pyridine rings is 1. The zero-order valence-corrected chi connectivity index (χ0v) is 23.5. The molecule has 0 radical (unpaired) electrons. The molecule has 46 heavy (non-hydrogen) atoms. The number of carbonyl (C=O) groups excluding carboxylic acids is 1. The topological polar surface area (TPSA) is 116 Å². The first kappa shape index (κ1) is 30.1. The third kappa shape index (κ3) is 5.89. The lowest BCUT2D eigenvalue weighted by molar-refractivity contribution is -0.0701. The summed E-state index contributed by atoms with van der Waals surface area (Å²) < 4.78 is 81.1. The molecule has 15 heteroatoms. The zero-order chi connectivity index (χ0) is 32.5. The molecule has 0 saturated carbocycles. The van der Waals surface area contributed by atoms with Crippen LogP contribution in [0.15, 0.2) is 90.1 Å². The summed E-state index contributed by atoms with van der Waals surface area (Å²) in [6.07, 6.45) is -1.75.